The number of hydrogen-bond acceptors (Lipinski definition) is 4. The summed E-state index contributed by atoms with van der Waals surface area (Å²) in [6.07, 6.45) is 1.61. The highest BCUT2D eigenvalue weighted by atomic mass is 16.4. The number of carbonyl (C=O) groups is 1. The van der Waals surface area contributed by atoms with Crippen molar-refractivity contribution in [2.75, 3.05) is 19.6 Å². The summed E-state index contributed by atoms with van der Waals surface area (Å²) in [5, 5.41) is 14.9. The molecular formula is C8H17N3O2. The van der Waals surface area contributed by atoms with Crippen LogP contribution in [-0.4, -0.2) is 42.8 Å². The molecule has 0 saturated carbocycles. The van der Waals surface area contributed by atoms with Gasteiger partial charge in [-0.2, -0.15) is 0 Å². The molecule has 0 unspecified atom stereocenters. The highest BCUT2D eigenvalue weighted by molar-refractivity contribution is 5.73. The predicted molar refractivity (Wildman–Crippen MR) is 49.5 cm³/mol. The summed E-state index contributed by atoms with van der Waals surface area (Å²) >= 11 is 0. The summed E-state index contributed by atoms with van der Waals surface area (Å²) in [5.41, 5.74) is 5.34. The zero-order chi connectivity index (χ0) is 9.68. The van der Waals surface area contributed by atoms with Crippen LogP contribution >= 0.6 is 0 Å². The lowest BCUT2D eigenvalue weighted by molar-refractivity contribution is -0.139. The van der Waals surface area contributed by atoms with Crippen LogP contribution in [0.25, 0.3) is 0 Å². The fourth-order valence-electron chi connectivity index (χ4n) is 1.49. The number of rotatable bonds is 5. The summed E-state index contributed by atoms with van der Waals surface area (Å²) in [5.74, 6) is -0.761. The second-order valence-electron chi connectivity index (χ2n) is 3.33. The number of hydrogen-bond donors (Lipinski definition) is 4. The quantitative estimate of drug-likeness (QED) is 0.404. The fraction of sp³-hybridized carbons (Fsp3) is 0.875. The summed E-state index contributed by atoms with van der Waals surface area (Å²) in [6.45, 7) is 2.28. The first-order valence-electron chi connectivity index (χ1n) is 4.63. The Bertz CT molecular complexity index is 175. The van der Waals surface area contributed by atoms with E-state index in [9.17, 15) is 4.79 Å². The maximum atomic E-state index is 10.6. The SMILES string of the molecule is NCCCN[C@H]1CN[C@H](C(=O)O)C1. The average Bonchev–Trinajstić information content (AvgIpc) is 2.53. The molecule has 1 aliphatic rings. The minimum atomic E-state index is -0.761. The van der Waals surface area contributed by atoms with Gasteiger partial charge in [0.2, 0.25) is 0 Å². The Hall–Kier alpha value is -0.650. The molecule has 2 atom stereocenters. The second-order valence-corrected chi connectivity index (χ2v) is 3.33. The minimum absolute atomic E-state index is 0.285. The van der Waals surface area contributed by atoms with Gasteiger partial charge in [-0.1, -0.05) is 0 Å². The average molecular weight is 187 g/mol. The molecular weight excluding hydrogens is 170 g/mol. The molecule has 0 aromatic carbocycles. The molecule has 1 fully saturated rings. The number of nitrogens with one attached hydrogen (secondary N) is 2. The molecule has 0 amide bonds. The Kier molecular flexibility index (Phi) is 4.14. The Morgan fingerprint density at radius 1 is 1.69 bits per heavy atom. The molecule has 76 valence electrons. The highest BCUT2D eigenvalue weighted by Crippen LogP contribution is 2.06. The van der Waals surface area contributed by atoms with E-state index < -0.39 is 5.97 Å². The van der Waals surface area contributed by atoms with Crippen LogP contribution < -0.4 is 16.4 Å². The Morgan fingerprint density at radius 2 is 2.46 bits per heavy atom. The highest BCUT2D eigenvalue weighted by Gasteiger charge is 2.28. The first-order chi connectivity index (χ1) is 6.24. The number of nitrogens with two attached hydrogens (primary N) is 1. The molecule has 1 saturated heterocycles. The fourth-order valence-corrected chi connectivity index (χ4v) is 1.49. The molecule has 0 aromatic heterocycles. The van der Waals surface area contributed by atoms with Crippen LogP contribution in [0.5, 0.6) is 0 Å². The van der Waals surface area contributed by atoms with Gasteiger partial charge in [0.25, 0.3) is 0 Å². The zero-order valence-corrected chi connectivity index (χ0v) is 7.62. The van der Waals surface area contributed by atoms with Crippen molar-refractivity contribution >= 4 is 5.97 Å². The van der Waals surface area contributed by atoms with Gasteiger partial charge >= 0.3 is 5.97 Å². The van der Waals surface area contributed by atoms with Crippen LogP contribution in [0, 0.1) is 0 Å². The molecule has 1 rings (SSSR count). The van der Waals surface area contributed by atoms with Crippen LogP contribution in [0.4, 0.5) is 0 Å². The number of aliphatic carboxylic acids is 1. The molecule has 13 heavy (non-hydrogen) atoms. The third kappa shape index (κ3) is 3.30. The lowest BCUT2D eigenvalue weighted by Gasteiger charge is -2.09. The normalized spacial score (nSPS) is 27.8. The zero-order valence-electron chi connectivity index (χ0n) is 7.62. The molecule has 5 N–H and O–H groups in total. The van der Waals surface area contributed by atoms with Gasteiger partial charge in [0, 0.05) is 12.6 Å². The van der Waals surface area contributed by atoms with Crippen LogP contribution in [0.15, 0.2) is 0 Å². The topological polar surface area (TPSA) is 87.4 Å². The molecule has 0 spiro atoms. The van der Waals surface area contributed by atoms with E-state index >= 15 is 0 Å². The maximum absolute atomic E-state index is 10.6. The largest absolute Gasteiger partial charge is 0.480 e. The first-order valence-corrected chi connectivity index (χ1v) is 4.63. The van der Waals surface area contributed by atoms with Crippen molar-refractivity contribution in [1.82, 2.24) is 10.6 Å². The summed E-state index contributed by atoms with van der Waals surface area (Å²) in [7, 11) is 0. The van der Waals surface area contributed by atoms with Crippen LogP contribution in [0.1, 0.15) is 12.8 Å². The molecule has 1 aliphatic heterocycles. The van der Waals surface area contributed by atoms with Gasteiger partial charge in [-0.25, -0.2) is 0 Å². The Balaban J connectivity index is 2.14. The van der Waals surface area contributed by atoms with Gasteiger partial charge in [0.1, 0.15) is 6.04 Å². The van der Waals surface area contributed by atoms with Crippen molar-refractivity contribution in [3.63, 3.8) is 0 Å². The lowest BCUT2D eigenvalue weighted by atomic mass is 10.2. The van der Waals surface area contributed by atoms with Gasteiger partial charge in [-0.15, -0.1) is 0 Å². The number of carboxylic acids is 1. The van der Waals surface area contributed by atoms with Gasteiger partial charge in [0.15, 0.2) is 0 Å². The standard InChI is InChI=1S/C8H17N3O2/c9-2-1-3-10-6-4-7(8(12)13)11-5-6/h6-7,10-11H,1-5,9H2,(H,12,13)/t6-,7+/m1/s1. The van der Waals surface area contributed by atoms with Crippen molar-refractivity contribution in [3.8, 4) is 0 Å². The van der Waals surface area contributed by atoms with Crippen LogP contribution in [-0.2, 0) is 4.79 Å². The summed E-state index contributed by atoms with van der Waals surface area (Å²) < 4.78 is 0. The van der Waals surface area contributed by atoms with Crippen molar-refractivity contribution in [3.05, 3.63) is 0 Å². The molecule has 1 heterocycles. The summed E-state index contributed by atoms with van der Waals surface area (Å²) in [6, 6.07) is -0.0944. The molecule has 0 aliphatic carbocycles. The van der Waals surface area contributed by atoms with E-state index in [1.807, 2.05) is 0 Å². The van der Waals surface area contributed by atoms with Crippen molar-refractivity contribution < 1.29 is 9.90 Å². The third-order valence-electron chi connectivity index (χ3n) is 2.24. The Morgan fingerprint density at radius 3 is 3.00 bits per heavy atom. The van der Waals surface area contributed by atoms with Crippen molar-refractivity contribution in [2.45, 2.75) is 24.9 Å². The van der Waals surface area contributed by atoms with Crippen LogP contribution in [0.3, 0.4) is 0 Å². The molecule has 0 bridgehead atoms. The van der Waals surface area contributed by atoms with E-state index in [1.165, 1.54) is 0 Å². The van der Waals surface area contributed by atoms with E-state index in [-0.39, 0.29) is 12.1 Å². The van der Waals surface area contributed by atoms with E-state index in [1.54, 1.807) is 0 Å². The van der Waals surface area contributed by atoms with Gasteiger partial charge in [-0.3, -0.25) is 4.79 Å². The Labute approximate surface area is 77.7 Å². The molecule has 0 aromatic rings. The minimum Gasteiger partial charge on any atom is -0.480 e. The lowest BCUT2D eigenvalue weighted by Crippen LogP contribution is -2.32. The van der Waals surface area contributed by atoms with Gasteiger partial charge in [0.05, 0.1) is 0 Å². The third-order valence-corrected chi connectivity index (χ3v) is 2.24. The molecule has 5 heteroatoms. The predicted octanol–water partition coefficient (Wildman–Crippen LogP) is -1.26. The van der Waals surface area contributed by atoms with E-state index in [0.29, 0.717) is 13.0 Å². The maximum Gasteiger partial charge on any atom is 0.320 e. The van der Waals surface area contributed by atoms with Gasteiger partial charge in [-0.05, 0) is 25.9 Å². The summed E-state index contributed by atoms with van der Waals surface area (Å²) in [4.78, 5) is 10.6. The first kappa shape index (κ1) is 10.4. The van der Waals surface area contributed by atoms with Crippen molar-refractivity contribution in [2.24, 2.45) is 5.73 Å². The van der Waals surface area contributed by atoms with Crippen molar-refractivity contribution in [1.29, 1.82) is 0 Å². The monoisotopic (exact) mass is 187 g/mol. The van der Waals surface area contributed by atoms with Gasteiger partial charge < -0.3 is 21.5 Å². The van der Waals surface area contributed by atoms with Crippen LogP contribution in [0.2, 0.25) is 0 Å². The van der Waals surface area contributed by atoms with E-state index in [4.69, 9.17) is 10.8 Å². The molecule has 0 radical (unpaired) electrons. The van der Waals surface area contributed by atoms with E-state index in [0.717, 1.165) is 19.5 Å². The number of carboxylic acid groups (broad SMARTS) is 1. The molecule has 5 nitrogen and oxygen atoms in total. The van der Waals surface area contributed by atoms with E-state index in [2.05, 4.69) is 10.6 Å². The second kappa shape index (κ2) is 5.16. The smallest absolute Gasteiger partial charge is 0.320 e.